The number of ether oxygens (including phenoxy) is 1. The Balaban J connectivity index is 1.58. The minimum atomic E-state index is -3.38. The van der Waals surface area contributed by atoms with E-state index in [0.29, 0.717) is 47.9 Å². The summed E-state index contributed by atoms with van der Waals surface area (Å²) in [6.45, 7) is 6.91. The molecular formula is C28H34F2N4O4. The van der Waals surface area contributed by atoms with Crippen molar-refractivity contribution in [2.45, 2.75) is 65.2 Å². The van der Waals surface area contributed by atoms with Gasteiger partial charge in [0.15, 0.2) is 5.78 Å². The normalized spacial score (nSPS) is 15.6. The van der Waals surface area contributed by atoms with E-state index in [2.05, 4.69) is 17.0 Å². The van der Waals surface area contributed by atoms with E-state index in [1.54, 1.807) is 29.8 Å². The van der Waals surface area contributed by atoms with Gasteiger partial charge in [0, 0.05) is 55.5 Å². The van der Waals surface area contributed by atoms with Crippen LogP contribution in [0.5, 0.6) is 5.75 Å². The quantitative estimate of drug-likeness (QED) is 0.436. The number of fused-ring (bicyclic) bond motifs is 1. The number of carbonyl (C=O) groups is 2. The summed E-state index contributed by atoms with van der Waals surface area (Å²) in [7, 11) is 1.50. The van der Waals surface area contributed by atoms with Crippen LogP contribution in [0.15, 0.2) is 29.2 Å². The number of halogens is 2. The van der Waals surface area contributed by atoms with Gasteiger partial charge in [0.25, 0.3) is 11.5 Å². The molecule has 4 rings (SSSR count). The molecule has 38 heavy (non-hydrogen) atoms. The minimum Gasteiger partial charge on any atom is -0.496 e. The molecule has 0 spiro atoms. The molecule has 1 saturated heterocycles. The Labute approximate surface area is 220 Å². The summed E-state index contributed by atoms with van der Waals surface area (Å²) >= 11 is 0. The van der Waals surface area contributed by atoms with E-state index >= 15 is 0 Å². The van der Waals surface area contributed by atoms with Crippen LogP contribution in [-0.2, 0) is 11.2 Å². The number of rotatable bonds is 8. The Morgan fingerprint density at radius 2 is 1.95 bits per heavy atom. The molecule has 1 fully saturated rings. The fraction of sp³-hybridized carbons (Fsp3) is 0.500. The topological polar surface area (TPSA) is 96.8 Å². The number of nitrogens with one attached hydrogen (secondary N) is 1. The molecule has 0 bridgehead atoms. The predicted molar refractivity (Wildman–Crippen MR) is 139 cm³/mol. The average molecular weight is 529 g/mol. The number of hydrogen-bond donors (Lipinski definition) is 1. The van der Waals surface area contributed by atoms with Crippen LogP contribution in [0.1, 0.15) is 71.9 Å². The number of aromatic amines is 1. The predicted octanol–water partition coefficient (Wildman–Crippen LogP) is 4.46. The molecule has 0 aromatic carbocycles. The fourth-order valence-corrected chi connectivity index (χ4v) is 5.69. The number of carbonyl (C=O) groups excluding carboxylic acids is 2. The van der Waals surface area contributed by atoms with Crippen LogP contribution < -0.4 is 10.3 Å². The summed E-state index contributed by atoms with van der Waals surface area (Å²) in [6.07, 6.45) is 3.19. The molecule has 1 atom stereocenters. The molecule has 10 heteroatoms. The number of likely N-dealkylation sites (tertiary alicyclic amines) is 1. The number of hydrogen-bond acceptors (Lipinski definition) is 5. The van der Waals surface area contributed by atoms with Gasteiger partial charge in [0.05, 0.1) is 18.2 Å². The van der Waals surface area contributed by atoms with Crippen molar-refractivity contribution in [2.24, 2.45) is 5.92 Å². The average Bonchev–Trinajstić information content (AvgIpc) is 3.17. The zero-order valence-corrected chi connectivity index (χ0v) is 22.4. The molecule has 8 nitrogen and oxygen atoms in total. The number of nitrogens with zero attached hydrogens (tertiary/aromatic N) is 3. The van der Waals surface area contributed by atoms with Gasteiger partial charge in [-0.05, 0) is 62.8 Å². The number of H-pyrrole nitrogens is 1. The Morgan fingerprint density at radius 3 is 2.58 bits per heavy atom. The van der Waals surface area contributed by atoms with Gasteiger partial charge in [0.2, 0.25) is 0 Å². The Hall–Kier alpha value is -3.56. The maximum Gasteiger partial charge on any atom is 0.322 e. The second-order valence-electron chi connectivity index (χ2n) is 10.3. The van der Waals surface area contributed by atoms with E-state index < -0.39 is 11.8 Å². The number of aromatic nitrogens is 3. The van der Waals surface area contributed by atoms with Crippen LogP contribution in [0.2, 0.25) is 0 Å². The number of aryl methyl sites for hydroxylation is 1. The van der Waals surface area contributed by atoms with Gasteiger partial charge in [-0.25, -0.2) is 4.52 Å². The van der Waals surface area contributed by atoms with Crippen molar-refractivity contribution in [3.8, 4) is 5.75 Å². The Morgan fingerprint density at radius 1 is 1.26 bits per heavy atom. The van der Waals surface area contributed by atoms with Gasteiger partial charge in [0.1, 0.15) is 5.75 Å². The Kier molecular flexibility index (Phi) is 7.71. The third-order valence-electron chi connectivity index (χ3n) is 7.67. The maximum absolute atomic E-state index is 13.5. The van der Waals surface area contributed by atoms with Crippen molar-refractivity contribution < 1.29 is 23.1 Å². The first-order valence-corrected chi connectivity index (χ1v) is 12.9. The summed E-state index contributed by atoms with van der Waals surface area (Å²) in [6, 6.07) is 5.38. The summed E-state index contributed by atoms with van der Waals surface area (Å²) in [5, 5.41) is 4.53. The first kappa shape index (κ1) is 27.5. The van der Waals surface area contributed by atoms with Crippen molar-refractivity contribution in [1.29, 1.82) is 0 Å². The molecule has 1 amide bonds. The van der Waals surface area contributed by atoms with Gasteiger partial charge < -0.3 is 14.6 Å². The number of ketones is 1. The standard InChI is InChI=1S/C28H34F2N4O4/c1-16-15-23(38-5)20(26(36)32-16)8-9-22(35)24-18(3)25(34-21(24)7-6-12-31-34)17(2)19-10-13-33(14-11-19)27(37)28(4,29)30/h6-7,12,15,17,19H,8-11,13-14H2,1-5H3,(H,32,36). The highest BCUT2D eigenvalue weighted by molar-refractivity contribution is 6.04. The van der Waals surface area contributed by atoms with Crippen molar-refractivity contribution in [3.05, 3.63) is 62.8 Å². The highest BCUT2D eigenvalue weighted by atomic mass is 19.3. The molecular weight excluding hydrogens is 494 g/mol. The van der Waals surface area contributed by atoms with E-state index in [9.17, 15) is 23.2 Å². The number of methoxy groups -OCH3 is 1. The van der Waals surface area contributed by atoms with Crippen LogP contribution in [0.25, 0.3) is 5.52 Å². The van der Waals surface area contributed by atoms with Crippen molar-refractivity contribution in [1.82, 2.24) is 19.5 Å². The third-order valence-corrected chi connectivity index (χ3v) is 7.67. The first-order chi connectivity index (χ1) is 17.9. The molecule has 1 unspecified atom stereocenters. The molecule has 0 radical (unpaired) electrons. The maximum atomic E-state index is 13.5. The molecule has 1 N–H and O–H groups in total. The summed E-state index contributed by atoms with van der Waals surface area (Å²) in [5.74, 6) is -4.02. The monoisotopic (exact) mass is 528 g/mol. The minimum absolute atomic E-state index is 0.0154. The summed E-state index contributed by atoms with van der Waals surface area (Å²) < 4.78 is 34.2. The molecule has 0 saturated carbocycles. The molecule has 4 heterocycles. The first-order valence-electron chi connectivity index (χ1n) is 12.9. The van der Waals surface area contributed by atoms with E-state index in [0.717, 1.165) is 11.3 Å². The smallest absolute Gasteiger partial charge is 0.322 e. The number of piperidine rings is 1. The molecule has 1 aliphatic heterocycles. The molecule has 3 aromatic rings. The van der Waals surface area contributed by atoms with Crippen LogP contribution in [0.4, 0.5) is 8.78 Å². The number of pyridine rings is 1. The molecule has 3 aromatic heterocycles. The fourth-order valence-electron chi connectivity index (χ4n) is 5.69. The Bertz CT molecular complexity index is 1410. The lowest BCUT2D eigenvalue weighted by molar-refractivity contribution is -0.156. The zero-order chi connectivity index (χ0) is 27.8. The highest BCUT2D eigenvalue weighted by Crippen LogP contribution is 2.38. The third kappa shape index (κ3) is 5.21. The second kappa shape index (κ2) is 10.7. The van der Waals surface area contributed by atoms with E-state index in [-0.39, 0.29) is 49.1 Å². The largest absolute Gasteiger partial charge is 0.496 e. The lowest BCUT2D eigenvalue weighted by atomic mass is 9.82. The zero-order valence-electron chi connectivity index (χ0n) is 22.4. The summed E-state index contributed by atoms with van der Waals surface area (Å²) in [5.41, 5.74) is 3.83. The molecule has 0 aliphatic carbocycles. The van der Waals surface area contributed by atoms with E-state index in [1.807, 2.05) is 13.0 Å². The number of Topliss-reactive ketones (excluding diaryl/α,β-unsaturated/α-hetero) is 1. The number of amides is 1. The van der Waals surface area contributed by atoms with Crippen LogP contribution >= 0.6 is 0 Å². The highest BCUT2D eigenvalue weighted by Gasteiger charge is 2.39. The van der Waals surface area contributed by atoms with E-state index in [4.69, 9.17) is 4.74 Å². The van der Waals surface area contributed by atoms with E-state index in [1.165, 1.54) is 12.0 Å². The van der Waals surface area contributed by atoms with Crippen molar-refractivity contribution in [3.63, 3.8) is 0 Å². The van der Waals surface area contributed by atoms with Gasteiger partial charge in [-0.3, -0.25) is 14.4 Å². The van der Waals surface area contributed by atoms with Gasteiger partial charge in [-0.1, -0.05) is 6.92 Å². The SMILES string of the molecule is COc1cc(C)[nH]c(=O)c1CCC(=O)c1c(C)c(C(C)C2CCN(C(=O)C(C)(F)F)CC2)n2ncccc12. The van der Waals surface area contributed by atoms with Crippen LogP contribution in [0, 0.1) is 19.8 Å². The van der Waals surface area contributed by atoms with Crippen LogP contribution in [0.3, 0.4) is 0 Å². The number of alkyl halides is 2. The van der Waals surface area contributed by atoms with Crippen LogP contribution in [-0.4, -0.2) is 57.3 Å². The van der Waals surface area contributed by atoms with Crippen molar-refractivity contribution >= 4 is 17.2 Å². The summed E-state index contributed by atoms with van der Waals surface area (Å²) in [4.78, 5) is 42.1. The lowest BCUT2D eigenvalue weighted by Gasteiger charge is -2.36. The van der Waals surface area contributed by atoms with Gasteiger partial charge in [-0.2, -0.15) is 13.9 Å². The second-order valence-corrected chi connectivity index (χ2v) is 10.3. The molecule has 1 aliphatic rings. The van der Waals surface area contributed by atoms with Gasteiger partial charge >= 0.3 is 5.92 Å². The molecule has 204 valence electrons. The lowest BCUT2D eigenvalue weighted by Crippen LogP contribution is -2.46. The van der Waals surface area contributed by atoms with Gasteiger partial charge in [-0.15, -0.1) is 0 Å². The van der Waals surface area contributed by atoms with Crippen molar-refractivity contribution in [2.75, 3.05) is 20.2 Å².